The molecule has 7 heteroatoms. The smallest absolute Gasteiger partial charge is 0.309 e. The minimum Gasteiger partial charge on any atom is -0.457 e. The van der Waals surface area contributed by atoms with Crippen LogP contribution in [0.1, 0.15) is 78.4 Å². The Labute approximate surface area is 213 Å². The largest absolute Gasteiger partial charge is 0.457 e. The molecule has 0 bridgehead atoms. The number of aromatic nitrogens is 1. The van der Waals surface area contributed by atoms with Crippen LogP contribution < -0.4 is 0 Å². The third-order valence-corrected chi connectivity index (χ3v) is 7.92. The van der Waals surface area contributed by atoms with E-state index in [1.54, 1.807) is 32.1 Å². The number of hydrogen-bond acceptors (Lipinski definition) is 7. The summed E-state index contributed by atoms with van der Waals surface area (Å²) in [6.45, 7) is 12.8. The van der Waals surface area contributed by atoms with Gasteiger partial charge in [-0.3, -0.25) is 9.59 Å². The molecular weight excluding hydrogens is 462 g/mol. The van der Waals surface area contributed by atoms with Gasteiger partial charge in [0, 0.05) is 17.7 Å². The predicted molar refractivity (Wildman–Crippen MR) is 141 cm³/mol. The van der Waals surface area contributed by atoms with Gasteiger partial charge in [-0.1, -0.05) is 58.4 Å². The van der Waals surface area contributed by atoms with Gasteiger partial charge >= 0.3 is 5.97 Å². The molecule has 1 aromatic rings. The number of carbonyl (C=O) groups is 2. The summed E-state index contributed by atoms with van der Waals surface area (Å²) in [5, 5.41) is 24.6. The van der Waals surface area contributed by atoms with E-state index < -0.39 is 35.6 Å². The van der Waals surface area contributed by atoms with Crippen molar-refractivity contribution in [3.05, 3.63) is 45.5 Å². The second-order valence-electron chi connectivity index (χ2n) is 10.3. The molecule has 0 aromatic carbocycles. The summed E-state index contributed by atoms with van der Waals surface area (Å²) in [6, 6.07) is 0. The third-order valence-electron chi connectivity index (χ3n) is 6.91. The van der Waals surface area contributed by atoms with E-state index in [1.165, 1.54) is 0 Å². The maximum absolute atomic E-state index is 13.2. The first kappa shape index (κ1) is 29.1. The monoisotopic (exact) mass is 503 g/mol. The number of thiazole rings is 1. The molecule has 5 atom stereocenters. The van der Waals surface area contributed by atoms with Crippen molar-refractivity contribution < 1.29 is 24.5 Å². The van der Waals surface area contributed by atoms with Crippen molar-refractivity contribution in [3.63, 3.8) is 0 Å². The molecule has 1 aliphatic rings. The zero-order chi connectivity index (χ0) is 26.3. The number of ether oxygens (including phenoxy) is 1. The average molecular weight is 504 g/mol. The third kappa shape index (κ3) is 7.95. The van der Waals surface area contributed by atoms with Crippen molar-refractivity contribution in [1.29, 1.82) is 0 Å². The SMILES string of the molecule is CCc1nc(/C=C(\C)[C@@H]2C/C=C(C)\C=C\C[C@H](C)[C@H](O)[C@@H](C)C(=O)C(C)(C)[C@@H](O)CC(=O)O2)cs1. The van der Waals surface area contributed by atoms with Gasteiger partial charge in [0.05, 0.1) is 34.7 Å². The highest BCUT2D eigenvalue weighted by Crippen LogP contribution is 2.32. The van der Waals surface area contributed by atoms with Crippen molar-refractivity contribution in [2.75, 3.05) is 0 Å². The fourth-order valence-electron chi connectivity index (χ4n) is 4.19. The lowest BCUT2D eigenvalue weighted by Gasteiger charge is -2.34. The first-order valence-electron chi connectivity index (χ1n) is 12.4. The lowest BCUT2D eigenvalue weighted by molar-refractivity contribution is -0.154. The van der Waals surface area contributed by atoms with Crippen molar-refractivity contribution >= 4 is 29.2 Å². The summed E-state index contributed by atoms with van der Waals surface area (Å²) in [5.41, 5.74) is 1.50. The van der Waals surface area contributed by atoms with Crippen LogP contribution in [0.2, 0.25) is 0 Å². The van der Waals surface area contributed by atoms with E-state index in [0.717, 1.165) is 28.3 Å². The molecule has 35 heavy (non-hydrogen) atoms. The summed E-state index contributed by atoms with van der Waals surface area (Å²) in [7, 11) is 0. The summed E-state index contributed by atoms with van der Waals surface area (Å²) >= 11 is 1.60. The molecule has 2 heterocycles. The highest BCUT2D eigenvalue weighted by atomic mass is 32.1. The molecule has 0 radical (unpaired) electrons. The molecule has 0 unspecified atom stereocenters. The van der Waals surface area contributed by atoms with Crippen LogP contribution in [0.25, 0.3) is 6.08 Å². The zero-order valence-electron chi connectivity index (χ0n) is 22.1. The van der Waals surface area contributed by atoms with Crippen LogP contribution in [0.3, 0.4) is 0 Å². The number of hydrogen-bond donors (Lipinski definition) is 2. The van der Waals surface area contributed by atoms with Crippen LogP contribution in [0.15, 0.2) is 34.8 Å². The molecule has 2 rings (SSSR count). The van der Waals surface area contributed by atoms with Crippen molar-refractivity contribution in [3.8, 4) is 0 Å². The number of nitrogens with zero attached hydrogens (tertiary/aromatic N) is 1. The average Bonchev–Trinajstić information content (AvgIpc) is 3.26. The van der Waals surface area contributed by atoms with Crippen molar-refractivity contribution in [2.24, 2.45) is 17.3 Å². The van der Waals surface area contributed by atoms with Gasteiger partial charge in [0.1, 0.15) is 11.9 Å². The molecule has 194 valence electrons. The number of allylic oxidation sites excluding steroid dienone is 3. The maximum Gasteiger partial charge on any atom is 0.309 e. The maximum atomic E-state index is 13.2. The number of ketones is 1. The Morgan fingerprint density at radius 2 is 1.94 bits per heavy atom. The van der Waals surface area contributed by atoms with Gasteiger partial charge in [0.2, 0.25) is 0 Å². The van der Waals surface area contributed by atoms with Crippen LogP contribution in [0.5, 0.6) is 0 Å². The van der Waals surface area contributed by atoms with Gasteiger partial charge < -0.3 is 14.9 Å². The van der Waals surface area contributed by atoms with Gasteiger partial charge in [-0.15, -0.1) is 11.3 Å². The van der Waals surface area contributed by atoms with E-state index in [4.69, 9.17) is 4.74 Å². The van der Waals surface area contributed by atoms with E-state index >= 15 is 0 Å². The Balaban J connectivity index is 2.37. The summed E-state index contributed by atoms with van der Waals surface area (Å²) in [4.78, 5) is 30.6. The van der Waals surface area contributed by atoms with Crippen molar-refractivity contribution in [2.45, 2.75) is 92.5 Å². The van der Waals surface area contributed by atoms with Crippen molar-refractivity contribution in [1.82, 2.24) is 4.98 Å². The van der Waals surface area contributed by atoms with Crippen LogP contribution in [-0.2, 0) is 20.7 Å². The first-order valence-corrected chi connectivity index (χ1v) is 13.3. The standard InChI is InChI=1S/C28H41NO5S/c1-8-24-29-21(16-35-24)14-19(4)22-13-12-17(2)10-9-11-18(3)26(32)20(5)27(33)28(6,7)23(30)15-25(31)34-22/h9-10,12,14,16,18,20,22-23,26,30,32H,8,11,13,15H2,1-7H3/b10-9+,17-12-,19-14+/t18-,20+,22-,23-,26-/m0/s1. The molecule has 0 spiro atoms. The Morgan fingerprint density at radius 3 is 2.57 bits per heavy atom. The molecule has 6 nitrogen and oxygen atoms in total. The lowest BCUT2D eigenvalue weighted by Crippen LogP contribution is -2.45. The van der Waals surface area contributed by atoms with E-state index in [-0.39, 0.29) is 18.1 Å². The minimum atomic E-state index is -1.23. The molecule has 0 fully saturated rings. The Morgan fingerprint density at radius 1 is 1.26 bits per heavy atom. The van der Waals surface area contributed by atoms with E-state index in [9.17, 15) is 19.8 Å². The Hall–Kier alpha value is -2.09. The molecule has 2 N–H and O–H groups in total. The zero-order valence-corrected chi connectivity index (χ0v) is 22.9. The molecule has 1 aliphatic heterocycles. The van der Waals surface area contributed by atoms with Gasteiger partial charge in [0.15, 0.2) is 0 Å². The minimum absolute atomic E-state index is 0.132. The van der Waals surface area contributed by atoms with Crippen LogP contribution >= 0.6 is 11.3 Å². The molecule has 0 saturated heterocycles. The van der Waals surface area contributed by atoms with Gasteiger partial charge in [-0.05, 0) is 44.3 Å². The van der Waals surface area contributed by atoms with Crippen LogP contribution in [0, 0.1) is 17.3 Å². The number of Topliss-reactive ketones (excluding diaryl/α,β-unsaturated/α-hetero) is 1. The summed E-state index contributed by atoms with van der Waals surface area (Å²) in [6.07, 6.45) is 6.99. The highest BCUT2D eigenvalue weighted by molar-refractivity contribution is 7.09. The molecule has 0 saturated carbocycles. The molecule has 1 aromatic heterocycles. The topological polar surface area (TPSA) is 96.7 Å². The number of aliphatic hydroxyl groups excluding tert-OH is 2. The Bertz CT molecular complexity index is 974. The second kappa shape index (κ2) is 12.7. The Kier molecular flexibility index (Phi) is 10.6. The van der Waals surface area contributed by atoms with E-state index in [0.29, 0.717) is 12.8 Å². The molecular formula is C28H41NO5S. The number of esters is 1. The van der Waals surface area contributed by atoms with Gasteiger partial charge in [-0.25, -0.2) is 4.98 Å². The number of rotatable bonds is 3. The summed E-state index contributed by atoms with van der Waals surface area (Å²) < 4.78 is 5.81. The quantitative estimate of drug-likeness (QED) is 0.544. The second-order valence-corrected chi connectivity index (χ2v) is 11.2. The fraction of sp³-hybridized carbons (Fsp3) is 0.607. The lowest BCUT2D eigenvalue weighted by atomic mass is 9.73. The van der Waals surface area contributed by atoms with E-state index in [2.05, 4.69) is 11.9 Å². The molecule has 0 amide bonds. The van der Waals surface area contributed by atoms with Gasteiger partial charge in [0.25, 0.3) is 0 Å². The van der Waals surface area contributed by atoms with Crippen LogP contribution in [-0.4, -0.2) is 45.3 Å². The summed E-state index contributed by atoms with van der Waals surface area (Å²) in [5.74, 6) is -1.65. The number of carbonyl (C=O) groups excluding carboxylic acids is 2. The normalized spacial score (nSPS) is 32.0. The van der Waals surface area contributed by atoms with E-state index in [1.807, 2.05) is 50.5 Å². The van der Waals surface area contributed by atoms with Gasteiger partial charge in [-0.2, -0.15) is 0 Å². The predicted octanol–water partition coefficient (Wildman–Crippen LogP) is 5.30. The fourth-order valence-corrected chi connectivity index (χ4v) is 4.90. The number of aliphatic hydroxyl groups is 2. The first-order chi connectivity index (χ1) is 16.4. The van der Waals surface area contributed by atoms with Crippen LogP contribution in [0.4, 0.5) is 0 Å². The molecule has 0 aliphatic carbocycles. The highest BCUT2D eigenvalue weighted by Gasteiger charge is 2.42. The number of cyclic esters (lactones) is 1. The number of aryl methyl sites for hydroxylation is 1.